The number of rotatable bonds is 8. The third-order valence-corrected chi connectivity index (χ3v) is 4.34. The smallest absolute Gasteiger partial charge is 0.411 e. The molecule has 1 amide bonds. The minimum absolute atomic E-state index is 0.262. The maximum atomic E-state index is 12.5. The lowest BCUT2D eigenvalue weighted by Crippen LogP contribution is -2.18. The Hall–Kier alpha value is -3.04. The Morgan fingerprint density at radius 2 is 2.03 bits per heavy atom. The minimum Gasteiger partial charge on any atom is -0.489 e. The molecule has 0 spiro atoms. The Balaban J connectivity index is 1.56. The van der Waals surface area contributed by atoms with Crippen LogP contribution in [0.5, 0.6) is 5.75 Å². The maximum Gasteiger partial charge on any atom is 0.411 e. The van der Waals surface area contributed by atoms with Crippen molar-refractivity contribution in [3.05, 3.63) is 76.6 Å². The molecule has 3 rings (SSSR count). The molecule has 0 aliphatic carbocycles. The Bertz CT molecular complexity index is 1050. The molecule has 31 heavy (non-hydrogen) atoms. The predicted molar refractivity (Wildman–Crippen MR) is 109 cm³/mol. The van der Waals surface area contributed by atoms with Crippen molar-refractivity contribution in [2.75, 3.05) is 11.9 Å². The summed E-state index contributed by atoms with van der Waals surface area (Å²) in [5, 5.41) is 7.13. The van der Waals surface area contributed by atoms with E-state index in [2.05, 4.69) is 15.2 Å². The van der Waals surface area contributed by atoms with Gasteiger partial charge in [0.15, 0.2) is 0 Å². The summed E-state index contributed by atoms with van der Waals surface area (Å²) in [6.45, 7) is 0.392. The third-order valence-electron chi connectivity index (χ3n) is 4.10. The van der Waals surface area contributed by atoms with E-state index < -0.39 is 12.8 Å². The number of aryl methyl sites for hydroxylation is 1. The first-order valence-electron chi connectivity index (χ1n) is 9.16. The standard InChI is InChI=1S/C21H19ClF3N3O3/c1-14-7-17(22)5-6-19(14)31-11-15-3-2-4-16(8-15)20(29)27-18-9-26-28(10-18)13-30-12-21(23,24)25/h2-10H,11-13H2,1H3,(H,27,29). The van der Waals surface area contributed by atoms with Gasteiger partial charge in [0.05, 0.1) is 18.1 Å². The van der Waals surface area contributed by atoms with Crippen LogP contribution in [0.25, 0.3) is 0 Å². The van der Waals surface area contributed by atoms with Crippen molar-refractivity contribution < 1.29 is 27.4 Å². The van der Waals surface area contributed by atoms with Crippen molar-refractivity contribution in [3.8, 4) is 5.75 Å². The Morgan fingerprint density at radius 1 is 1.23 bits per heavy atom. The van der Waals surface area contributed by atoms with Gasteiger partial charge in [-0.2, -0.15) is 18.3 Å². The molecule has 0 bridgehead atoms. The van der Waals surface area contributed by atoms with Crippen LogP contribution in [0.4, 0.5) is 18.9 Å². The van der Waals surface area contributed by atoms with Crippen LogP contribution >= 0.6 is 11.6 Å². The fourth-order valence-electron chi connectivity index (χ4n) is 2.70. The number of aromatic nitrogens is 2. The van der Waals surface area contributed by atoms with Crippen LogP contribution in [-0.2, 0) is 18.1 Å². The summed E-state index contributed by atoms with van der Waals surface area (Å²) in [5.74, 6) is 0.305. The maximum absolute atomic E-state index is 12.5. The van der Waals surface area contributed by atoms with E-state index in [1.165, 1.54) is 12.4 Å². The molecule has 1 N–H and O–H groups in total. The molecule has 0 fully saturated rings. The fraction of sp³-hybridized carbons (Fsp3) is 0.238. The topological polar surface area (TPSA) is 65.4 Å². The van der Waals surface area contributed by atoms with Gasteiger partial charge in [-0.15, -0.1) is 0 Å². The van der Waals surface area contributed by atoms with E-state index in [-0.39, 0.29) is 19.2 Å². The van der Waals surface area contributed by atoms with Crippen molar-refractivity contribution >= 4 is 23.2 Å². The van der Waals surface area contributed by atoms with E-state index in [1.54, 1.807) is 36.4 Å². The summed E-state index contributed by atoms with van der Waals surface area (Å²) >= 11 is 5.94. The Labute approximate surface area is 181 Å². The lowest BCUT2D eigenvalue weighted by Gasteiger charge is -2.10. The Morgan fingerprint density at radius 3 is 2.77 bits per heavy atom. The van der Waals surface area contributed by atoms with Gasteiger partial charge in [-0.05, 0) is 48.4 Å². The van der Waals surface area contributed by atoms with E-state index in [0.29, 0.717) is 22.0 Å². The molecule has 1 heterocycles. The highest BCUT2D eigenvalue weighted by Gasteiger charge is 2.27. The summed E-state index contributed by atoms with van der Waals surface area (Å²) in [5.41, 5.74) is 2.42. The first kappa shape index (κ1) is 22.6. The minimum atomic E-state index is -4.41. The van der Waals surface area contributed by atoms with Crippen molar-refractivity contribution in [2.24, 2.45) is 0 Å². The van der Waals surface area contributed by atoms with Gasteiger partial charge in [-0.25, -0.2) is 4.68 Å². The molecule has 0 aliphatic rings. The third kappa shape index (κ3) is 7.01. The molecule has 164 valence electrons. The molecule has 6 nitrogen and oxygen atoms in total. The van der Waals surface area contributed by atoms with E-state index in [1.807, 2.05) is 13.0 Å². The van der Waals surface area contributed by atoms with Crippen LogP contribution in [0.1, 0.15) is 21.5 Å². The zero-order valence-corrected chi connectivity index (χ0v) is 17.2. The van der Waals surface area contributed by atoms with E-state index in [0.717, 1.165) is 15.8 Å². The van der Waals surface area contributed by atoms with Crippen molar-refractivity contribution in [3.63, 3.8) is 0 Å². The number of hydrogen-bond donors (Lipinski definition) is 1. The summed E-state index contributed by atoms with van der Waals surface area (Å²) < 4.78 is 47.8. The molecule has 0 aliphatic heterocycles. The molecule has 3 aromatic rings. The van der Waals surface area contributed by atoms with E-state index in [9.17, 15) is 18.0 Å². The average Bonchev–Trinajstić information content (AvgIpc) is 3.13. The van der Waals surface area contributed by atoms with Crippen molar-refractivity contribution in [1.82, 2.24) is 9.78 Å². The molecule has 0 atom stereocenters. The second-order valence-corrected chi connectivity index (χ2v) is 7.15. The van der Waals surface area contributed by atoms with Crippen molar-refractivity contribution in [1.29, 1.82) is 0 Å². The number of carbonyl (C=O) groups excluding carboxylic acids is 1. The lowest BCUT2D eigenvalue weighted by molar-refractivity contribution is -0.182. The van der Waals surface area contributed by atoms with Gasteiger partial charge in [-0.3, -0.25) is 4.79 Å². The molecule has 0 saturated heterocycles. The number of ether oxygens (including phenoxy) is 2. The van der Waals surface area contributed by atoms with Crippen LogP contribution in [0.15, 0.2) is 54.9 Å². The number of nitrogens with one attached hydrogen (secondary N) is 1. The summed E-state index contributed by atoms with van der Waals surface area (Å²) in [6.07, 6.45) is -1.71. The van der Waals surface area contributed by atoms with Crippen molar-refractivity contribution in [2.45, 2.75) is 26.4 Å². The normalized spacial score (nSPS) is 11.4. The number of amides is 1. The number of hydrogen-bond acceptors (Lipinski definition) is 4. The highest BCUT2D eigenvalue weighted by Crippen LogP contribution is 2.23. The van der Waals surface area contributed by atoms with E-state index >= 15 is 0 Å². The van der Waals surface area contributed by atoms with Gasteiger partial charge >= 0.3 is 6.18 Å². The molecular weight excluding hydrogens is 435 g/mol. The van der Waals surface area contributed by atoms with Gasteiger partial charge in [0, 0.05) is 10.6 Å². The summed E-state index contributed by atoms with van der Waals surface area (Å²) in [6, 6.07) is 12.2. The molecule has 10 heteroatoms. The van der Waals surface area contributed by atoms with Gasteiger partial charge in [-0.1, -0.05) is 23.7 Å². The monoisotopic (exact) mass is 453 g/mol. The number of halogens is 4. The summed E-state index contributed by atoms with van der Waals surface area (Å²) in [4.78, 5) is 12.5. The fourth-order valence-corrected chi connectivity index (χ4v) is 2.92. The lowest BCUT2D eigenvalue weighted by atomic mass is 10.1. The van der Waals surface area contributed by atoms with Gasteiger partial charge < -0.3 is 14.8 Å². The zero-order chi connectivity index (χ0) is 22.4. The number of alkyl halides is 3. The SMILES string of the molecule is Cc1cc(Cl)ccc1OCc1cccc(C(=O)Nc2cnn(COCC(F)(F)F)c2)c1. The van der Waals surface area contributed by atoms with E-state index in [4.69, 9.17) is 16.3 Å². The van der Waals surface area contributed by atoms with Crippen LogP contribution in [-0.4, -0.2) is 28.5 Å². The largest absolute Gasteiger partial charge is 0.489 e. The van der Waals surface area contributed by atoms with Gasteiger partial charge in [0.25, 0.3) is 5.91 Å². The first-order valence-corrected chi connectivity index (χ1v) is 9.53. The molecule has 2 aromatic carbocycles. The van der Waals surface area contributed by atoms with Gasteiger partial charge in [0.1, 0.15) is 25.7 Å². The van der Waals surface area contributed by atoms with Crippen LogP contribution in [0, 0.1) is 6.92 Å². The first-order chi connectivity index (χ1) is 14.7. The van der Waals surface area contributed by atoms with Crippen LogP contribution < -0.4 is 10.1 Å². The highest BCUT2D eigenvalue weighted by atomic mass is 35.5. The Kier molecular flexibility index (Phi) is 7.19. The molecule has 0 radical (unpaired) electrons. The average molecular weight is 454 g/mol. The van der Waals surface area contributed by atoms with Gasteiger partial charge in [0.2, 0.25) is 0 Å². The number of nitrogens with zero attached hydrogens (tertiary/aromatic N) is 2. The molecule has 1 aromatic heterocycles. The summed E-state index contributed by atoms with van der Waals surface area (Å²) in [7, 11) is 0. The quantitative estimate of drug-likeness (QED) is 0.508. The predicted octanol–water partition coefficient (Wildman–Crippen LogP) is 5.21. The molecular formula is C21H19ClF3N3O3. The highest BCUT2D eigenvalue weighted by molar-refractivity contribution is 6.30. The number of benzene rings is 2. The second kappa shape index (κ2) is 9.84. The number of carbonyl (C=O) groups is 1. The molecule has 0 saturated carbocycles. The van der Waals surface area contributed by atoms with Crippen LogP contribution in [0.3, 0.4) is 0 Å². The second-order valence-electron chi connectivity index (χ2n) is 6.71. The molecule has 0 unspecified atom stereocenters. The zero-order valence-electron chi connectivity index (χ0n) is 16.4. The number of anilines is 1. The van der Waals surface area contributed by atoms with Crippen LogP contribution in [0.2, 0.25) is 5.02 Å².